The topological polar surface area (TPSA) is 21.3 Å². The highest BCUT2D eigenvalue weighted by Crippen LogP contribution is 2.30. The number of hydrogen-bond donors (Lipinski definition) is 1. The fourth-order valence-corrected chi connectivity index (χ4v) is 2.68. The molecule has 19 heavy (non-hydrogen) atoms. The predicted molar refractivity (Wildman–Crippen MR) is 85.7 cm³/mol. The first-order chi connectivity index (χ1) is 8.83. The zero-order valence-corrected chi connectivity index (χ0v) is 13.8. The monoisotopic (exact) mass is 281 g/mol. The van der Waals surface area contributed by atoms with Gasteiger partial charge < -0.3 is 4.74 Å². The summed E-state index contributed by atoms with van der Waals surface area (Å²) in [4.78, 5) is 0. The van der Waals surface area contributed by atoms with E-state index in [-0.39, 0.29) is 4.75 Å². The van der Waals surface area contributed by atoms with Crippen LogP contribution in [0.3, 0.4) is 0 Å². The summed E-state index contributed by atoms with van der Waals surface area (Å²) in [5.41, 5.74) is 1.29. The average Bonchev–Trinajstić information content (AvgIpc) is 2.28. The van der Waals surface area contributed by atoms with Crippen molar-refractivity contribution in [3.63, 3.8) is 0 Å². The Hall–Kier alpha value is -0.670. The van der Waals surface area contributed by atoms with E-state index in [1.807, 2.05) is 13.0 Å². The van der Waals surface area contributed by atoms with Crippen molar-refractivity contribution in [2.45, 2.75) is 52.3 Å². The molecule has 3 heteroatoms. The van der Waals surface area contributed by atoms with Crippen molar-refractivity contribution in [1.29, 1.82) is 0 Å². The summed E-state index contributed by atoms with van der Waals surface area (Å²) in [7, 11) is 0. The van der Waals surface area contributed by atoms with E-state index in [9.17, 15) is 0 Å². The molecule has 1 atom stereocenters. The molecule has 0 radical (unpaired) electrons. The molecule has 0 saturated carbocycles. The molecule has 0 bridgehead atoms. The van der Waals surface area contributed by atoms with Gasteiger partial charge >= 0.3 is 0 Å². The molecule has 0 fully saturated rings. The first kappa shape index (κ1) is 16.4. The van der Waals surface area contributed by atoms with Crippen LogP contribution in [0.1, 0.15) is 53.1 Å². The van der Waals surface area contributed by atoms with Gasteiger partial charge in [-0.1, -0.05) is 37.9 Å². The molecule has 1 aromatic carbocycles. The van der Waals surface area contributed by atoms with Crippen LogP contribution in [-0.2, 0) is 0 Å². The Kier molecular flexibility index (Phi) is 6.21. The van der Waals surface area contributed by atoms with E-state index in [0.29, 0.717) is 18.6 Å². The first-order valence-electron chi connectivity index (χ1n) is 6.99. The van der Waals surface area contributed by atoms with Crippen molar-refractivity contribution < 1.29 is 4.74 Å². The molecular weight excluding hydrogens is 254 g/mol. The minimum absolute atomic E-state index is 0.213. The van der Waals surface area contributed by atoms with Crippen LogP contribution in [0.5, 0.6) is 5.75 Å². The van der Waals surface area contributed by atoms with Gasteiger partial charge in [-0.05, 0) is 51.3 Å². The second-order valence-corrected chi connectivity index (χ2v) is 7.72. The maximum absolute atomic E-state index is 5.59. The summed E-state index contributed by atoms with van der Waals surface area (Å²) < 4.78 is 9.41. The molecule has 0 heterocycles. The number of ether oxygens (including phenoxy) is 1. The molecule has 0 aromatic heterocycles. The first-order valence-corrected chi connectivity index (χ1v) is 7.81. The van der Waals surface area contributed by atoms with Gasteiger partial charge in [-0.25, -0.2) is 0 Å². The van der Waals surface area contributed by atoms with Gasteiger partial charge in [0.15, 0.2) is 0 Å². The van der Waals surface area contributed by atoms with Crippen molar-refractivity contribution in [3.05, 3.63) is 29.8 Å². The summed E-state index contributed by atoms with van der Waals surface area (Å²) in [5, 5.41) is 0. The van der Waals surface area contributed by atoms with Gasteiger partial charge in [0.25, 0.3) is 0 Å². The van der Waals surface area contributed by atoms with Crippen molar-refractivity contribution in [1.82, 2.24) is 4.72 Å². The Morgan fingerprint density at radius 1 is 1.26 bits per heavy atom. The quantitative estimate of drug-likeness (QED) is 0.755. The lowest BCUT2D eigenvalue weighted by atomic mass is 9.97. The second-order valence-electron chi connectivity index (χ2n) is 6.06. The SMILES string of the molecule is CCOc1cccc([C@H](NSC(C)(C)C)C(C)C)c1. The molecule has 0 aliphatic rings. The van der Waals surface area contributed by atoms with Crippen LogP contribution in [0.4, 0.5) is 0 Å². The number of rotatable bonds is 6. The minimum atomic E-state index is 0.213. The van der Waals surface area contributed by atoms with Gasteiger partial charge in [0.1, 0.15) is 5.75 Å². The van der Waals surface area contributed by atoms with Crippen LogP contribution < -0.4 is 9.46 Å². The van der Waals surface area contributed by atoms with Gasteiger partial charge in [-0.3, -0.25) is 4.72 Å². The number of nitrogens with one attached hydrogen (secondary N) is 1. The Morgan fingerprint density at radius 3 is 2.47 bits per heavy atom. The molecule has 0 aliphatic heterocycles. The van der Waals surface area contributed by atoms with E-state index in [2.05, 4.69) is 57.5 Å². The van der Waals surface area contributed by atoms with Crippen LogP contribution in [0.25, 0.3) is 0 Å². The average molecular weight is 281 g/mol. The molecule has 0 amide bonds. The third-order valence-electron chi connectivity index (χ3n) is 2.69. The zero-order valence-electron chi connectivity index (χ0n) is 13.0. The maximum Gasteiger partial charge on any atom is 0.119 e. The molecule has 0 unspecified atom stereocenters. The summed E-state index contributed by atoms with van der Waals surface area (Å²) in [5.74, 6) is 1.49. The lowest BCUT2D eigenvalue weighted by Crippen LogP contribution is -2.25. The highest BCUT2D eigenvalue weighted by molar-refractivity contribution is 7.98. The predicted octanol–water partition coefficient (Wildman–Crippen LogP) is 4.82. The van der Waals surface area contributed by atoms with Gasteiger partial charge in [0, 0.05) is 10.8 Å². The van der Waals surface area contributed by atoms with Gasteiger partial charge in [-0.2, -0.15) is 0 Å². The molecule has 0 saturated heterocycles. The molecule has 108 valence electrons. The lowest BCUT2D eigenvalue weighted by molar-refractivity contribution is 0.339. The summed E-state index contributed by atoms with van der Waals surface area (Å²) >= 11 is 1.79. The van der Waals surface area contributed by atoms with E-state index in [4.69, 9.17) is 4.74 Å². The fourth-order valence-electron chi connectivity index (χ4n) is 1.79. The molecule has 1 aromatic rings. The zero-order chi connectivity index (χ0) is 14.5. The molecular formula is C16H27NOS. The number of hydrogen-bond acceptors (Lipinski definition) is 3. The molecule has 2 nitrogen and oxygen atoms in total. The Bertz CT molecular complexity index is 385. The van der Waals surface area contributed by atoms with E-state index in [0.717, 1.165) is 5.75 Å². The highest BCUT2D eigenvalue weighted by atomic mass is 32.2. The summed E-state index contributed by atoms with van der Waals surface area (Å²) in [6.45, 7) is 13.9. The third kappa shape index (κ3) is 5.87. The Balaban J connectivity index is 2.83. The summed E-state index contributed by atoms with van der Waals surface area (Å²) in [6.07, 6.45) is 0. The molecule has 1 N–H and O–H groups in total. The van der Waals surface area contributed by atoms with Crippen LogP contribution in [-0.4, -0.2) is 11.4 Å². The molecule has 1 rings (SSSR count). The van der Waals surface area contributed by atoms with Gasteiger partial charge in [0.2, 0.25) is 0 Å². The van der Waals surface area contributed by atoms with Crippen LogP contribution in [0.15, 0.2) is 24.3 Å². The Labute approximate surface area is 122 Å². The Morgan fingerprint density at radius 2 is 1.95 bits per heavy atom. The standard InChI is InChI=1S/C16H27NOS/c1-7-18-14-10-8-9-13(11-14)15(12(2)3)17-19-16(4,5)6/h8-12,15,17H,7H2,1-6H3/t15-/m1/s1. The highest BCUT2D eigenvalue weighted by Gasteiger charge is 2.19. The van der Waals surface area contributed by atoms with Crippen molar-refractivity contribution in [3.8, 4) is 5.75 Å². The van der Waals surface area contributed by atoms with E-state index in [1.54, 1.807) is 11.9 Å². The summed E-state index contributed by atoms with van der Waals surface area (Å²) in [6, 6.07) is 8.73. The molecule has 0 spiro atoms. The normalized spacial score (nSPS) is 13.6. The minimum Gasteiger partial charge on any atom is -0.494 e. The van der Waals surface area contributed by atoms with Crippen molar-refractivity contribution >= 4 is 11.9 Å². The maximum atomic E-state index is 5.59. The van der Waals surface area contributed by atoms with E-state index >= 15 is 0 Å². The largest absolute Gasteiger partial charge is 0.494 e. The second kappa shape index (κ2) is 7.20. The van der Waals surface area contributed by atoms with E-state index in [1.165, 1.54) is 5.56 Å². The molecule has 0 aliphatic carbocycles. The van der Waals surface area contributed by atoms with Gasteiger partial charge in [0.05, 0.1) is 6.61 Å². The van der Waals surface area contributed by atoms with Crippen LogP contribution in [0.2, 0.25) is 0 Å². The fraction of sp³-hybridized carbons (Fsp3) is 0.625. The third-order valence-corrected chi connectivity index (χ3v) is 3.67. The van der Waals surface area contributed by atoms with Crippen molar-refractivity contribution in [2.75, 3.05) is 6.61 Å². The van der Waals surface area contributed by atoms with E-state index < -0.39 is 0 Å². The lowest BCUT2D eigenvalue weighted by Gasteiger charge is -2.27. The number of benzene rings is 1. The van der Waals surface area contributed by atoms with Crippen LogP contribution in [0, 0.1) is 5.92 Å². The van der Waals surface area contributed by atoms with Gasteiger partial charge in [-0.15, -0.1) is 0 Å². The smallest absolute Gasteiger partial charge is 0.119 e. The van der Waals surface area contributed by atoms with Crippen LogP contribution >= 0.6 is 11.9 Å². The van der Waals surface area contributed by atoms with Crippen molar-refractivity contribution in [2.24, 2.45) is 5.92 Å².